The van der Waals surface area contributed by atoms with Crippen LogP contribution in [-0.2, 0) is 9.84 Å². The predicted molar refractivity (Wildman–Crippen MR) is 108 cm³/mol. The molecular formula is C20H24N2O4S. The lowest BCUT2D eigenvalue weighted by molar-refractivity contribution is 0.310. The molecule has 6 nitrogen and oxygen atoms in total. The summed E-state index contributed by atoms with van der Waals surface area (Å²) >= 11 is 0. The number of ether oxygens (including phenoxy) is 2. The SMILES string of the molecule is CCOc1cc([C@@H](CS(C)(=O)=O)n2cc3cccc(N)c3c2)ccc1OC. The van der Waals surface area contributed by atoms with Gasteiger partial charge in [-0.15, -0.1) is 0 Å². The summed E-state index contributed by atoms with van der Waals surface area (Å²) in [5.74, 6) is 1.17. The summed E-state index contributed by atoms with van der Waals surface area (Å²) in [6, 6.07) is 10.8. The van der Waals surface area contributed by atoms with Crippen molar-refractivity contribution >= 4 is 26.3 Å². The molecule has 0 bridgehead atoms. The topological polar surface area (TPSA) is 83.6 Å². The Balaban J connectivity index is 2.13. The van der Waals surface area contributed by atoms with E-state index in [0.717, 1.165) is 16.3 Å². The van der Waals surface area contributed by atoms with E-state index >= 15 is 0 Å². The minimum absolute atomic E-state index is 0.0359. The van der Waals surface area contributed by atoms with E-state index in [1.807, 2.05) is 54.2 Å². The largest absolute Gasteiger partial charge is 0.493 e. The lowest BCUT2D eigenvalue weighted by Gasteiger charge is -2.20. The first kappa shape index (κ1) is 19.1. The number of nitrogens with two attached hydrogens (primary N) is 1. The second-order valence-corrected chi connectivity index (χ2v) is 8.69. The van der Waals surface area contributed by atoms with Crippen molar-refractivity contribution < 1.29 is 17.9 Å². The van der Waals surface area contributed by atoms with E-state index in [4.69, 9.17) is 15.2 Å². The van der Waals surface area contributed by atoms with E-state index in [9.17, 15) is 8.42 Å². The fourth-order valence-corrected chi connectivity index (χ4v) is 4.14. The molecule has 3 aromatic rings. The number of hydrogen-bond acceptors (Lipinski definition) is 5. The second kappa shape index (κ2) is 7.52. The zero-order valence-electron chi connectivity index (χ0n) is 15.7. The fourth-order valence-electron chi connectivity index (χ4n) is 3.20. The smallest absolute Gasteiger partial charge is 0.161 e. The summed E-state index contributed by atoms with van der Waals surface area (Å²) in [5, 5.41) is 1.86. The molecule has 2 aromatic carbocycles. The van der Waals surface area contributed by atoms with Gasteiger partial charge in [-0.05, 0) is 30.7 Å². The van der Waals surface area contributed by atoms with E-state index in [1.54, 1.807) is 13.2 Å². The van der Waals surface area contributed by atoms with Crippen molar-refractivity contribution in [1.82, 2.24) is 4.57 Å². The van der Waals surface area contributed by atoms with Gasteiger partial charge in [-0.25, -0.2) is 8.42 Å². The minimum atomic E-state index is -3.23. The Hall–Kier alpha value is -2.67. The molecule has 0 aliphatic carbocycles. The van der Waals surface area contributed by atoms with Gasteiger partial charge in [0.05, 0.1) is 25.5 Å². The molecule has 27 heavy (non-hydrogen) atoms. The van der Waals surface area contributed by atoms with Gasteiger partial charge in [0.25, 0.3) is 0 Å². The highest BCUT2D eigenvalue weighted by Gasteiger charge is 2.21. The number of methoxy groups -OCH3 is 1. The average molecular weight is 388 g/mol. The summed E-state index contributed by atoms with van der Waals surface area (Å²) in [4.78, 5) is 0. The van der Waals surface area contributed by atoms with E-state index in [-0.39, 0.29) is 5.75 Å². The molecular weight excluding hydrogens is 364 g/mol. The highest BCUT2D eigenvalue weighted by molar-refractivity contribution is 7.90. The van der Waals surface area contributed by atoms with Crippen LogP contribution in [-0.4, -0.2) is 38.7 Å². The molecule has 0 saturated carbocycles. The van der Waals surface area contributed by atoms with Crippen molar-refractivity contribution in [3.05, 3.63) is 54.4 Å². The molecule has 1 aromatic heterocycles. The Morgan fingerprint density at radius 2 is 1.93 bits per heavy atom. The molecule has 0 spiro atoms. The summed E-state index contributed by atoms with van der Waals surface area (Å²) in [5.41, 5.74) is 7.55. The first-order chi connectivity index (χ1) is 12.8. The van der Waals surface area contributed by atoms with Gasteiger partial charge in [-0.2, -0.15) is 0 Å². The number of hydrogen-bond donors (Lipinski definition) is 1. The van der Waals surface area contributed by atoms with Gasteiger partial charge in [0.15, 0.2) is 11.5 Å². The van der Waals surface area contributed by atoms with Gasteiger partial charge in [0.2, 0.25) is 0 Å². The Labute approximate surface area is 159 Å². The molecule has 144 valence electrons. The van der Waals surface area contributed by atoms with Gasteiger partial charge < -0.3 is 19.8 Å². The first-order valence-electron chi connectivity index (χ1n) is 8.66. The monoisotopic (exact) mass is 388 g/mol. The summed E-state index contributed by atoms with van der Waals surface area (Å²) in [7, 11) is -1.66. The molecule has 0 radical (unpaired) electrons. The highest BCUT2D eigenvalue weighted by Crippen LogP contribution is 2.33. The second-order valence-electron chi connectivity index (χ2n) is 6.51. The number of aromatic nitrogens is 1. The van der Waals surface area contributed by atoms with E-state index in [2.05, 4.69) is 0 Å². The molecule has 1 atom stereocenters. The third kappa shape index (κ3) is 4.19. The number of anilines is 1. The average Bonchev–Trinajstić information content (AvgIpc) is 3.05. The quantitative estimate of drug-likeness (QED) is 0.628. The van der Waals surface area contributed by atoms with Crippen molar-refractivity contribution in [2.24, 2.45) is 0 Å². The van der Waals surface area contributed by atoms with Crippen LogP contribution < -0.4 is 15.2 Å². The number of sulfone groups is 1. The van der Waals surface area contributed by atoms with Gasteiger partial charge >= 0.3 is 0 Å². The van der Waals surface area contributed by atoms with Crippen LogP contribution >= 0.6 is 0 Å². The zero-order valence-corrected chi connectivity index (χ0v) is 16.5. The summed E-state index contributed by atoms with van der Waals surface area (Å²) < 4.78 is 37.1. The van der Waals surface area contributed by atoms with Crippen molar-refractivity contribution in [2.75, 3.05) is 31.5 Å². The van der Waals surface area contributed by atoms with Crippen molar-refractivity contribution in [2.45, 2.75) is 13.0 Å². The lowest BCUT2D eigenvalue weighted by atomic mass is 10.1. The molecule has 2 N–H and O–H groups in total. The van der Waals surface area contributed by atoms with Crippen LogP contribution in [0, 0.1) is 0 Å². The zero-order chi connectivity index (χ0) is 19.6. The van der Waals surface area contributed by atoms with E-state index < -0.39 is 15.9 Å². The lowest BCUT2D eigenvalue weighted by Crippen LogP contribution is -2.19. The normalized spacial score (nSPS) is 12.9. The Morgan fingerprint density at radius 1 is 1.15 bits per heavy atom. The van der Waals surface area contributed by atoms with Gasteiger partial charge in [-0.1, -0.05) is 18.2 Å². The van der Waals surface area contributed by atoms with Crippen LogP contribution in [0.25, 0.3) is 10.8 Å². The van der Waals surface area contributed by atoms with E-state index in [1.165, 1.54) is 6.26 Å². The number of nitrogens with zero attached hydrogens (tertiary/aromatic N) is 1. The third-order valence-corrected chi connectivity index (χ3v) is 5.35. The number of rotatable bonds is 7. The Morgan fingerprint density at radius 3 is 2.56 bits per heavy atom. The van der Waals surface area contributed by atoms with E-state index in [0.29, 0.717) is 23.8 Å². The molecule has 0 aliphatic rings. The van der Waals surface area contributed by atoms with Gasteiger partial charge in [-0.3, -0.25) is 0 Å². The molecule has 1 heterocycles. The molecule has 0 unspecified atom stereocenters. The van der Waals surface area contributed by atoms with Gasteiger partial charge in [0.1, 0.15) is 9.84 Å². The molecule has 0 amide bonds. The third-order valence-electron chi connectivity index (χ3n) is 4.43. The van der Waals surface area contributed by atoms with Crippen LogP contribution in [0.5, 0.6) is 11.5 Å². The molecule has 0 saturated heterocycles. The van der Waals surface area contributed by atoms with Gasteiger partial charge in [0, 0.05) is 35.1 Å². The Kier molecular flexibility index (Phi) is 5.32. The first-order valence-corrected chi connectivity index (χ1v) is 10.7. The molecule has 0 fully saturated rings. The van der Waals surface area contributed by atoms with Crippen molar-refractivity contribution in [3.63, 3.8) is 0 Å². The minimum Gasteiger partial charge on any atom is -0.493 e. The van der Waals surface area contributed by atoms with Crippen molar-refractivity contribution in [3.8, 4) is 11.5 Å². The highest BCUT2D eigenvalue weighted by atomic mass is 32.2. The number of nitrogen functional groups attached to an aromatic ring is 1. The summed E-state index contributed by atoms with van der Waals surface area (Å²) in [6.07, 6.45) is 5.06. The standard InChI is InChI=1S/C20H24N2O4S/c1-4-26-20-10-14(8-9-19(20)25-2)18(13-27(3,23)24)22-11-15-6-5-7-17(21)16(15)12-22/h5-12,18H,4,13,21H2,1-3H3/t18-/m1/s1. The maximum Gasteiger partial charge on any atom is 0.161 e. The number of benzene rings is 2. The van der Waals surface area contributed by atoms with Crippen LogP contribution in [0.4, 0.5) is 5.69 Å². The maximum absolute atomic E-state index is 12.1. The van der Waals surface area contributed by atoms with Crippen LogP contribution in [0.1, 0.15) is 18.5 Å². The maximum atomic E-state index is 12.1. The molecule has 0 aliphatic heterocycles. The van der Waals surface area contributed by atoms with Crippen LogP contribution in [0.3, 0.4) is 0 Å². The van der Waals surface area contributed by atoms with Crippen LogP contribution in [0.15, 0.2) is 48.8 Å². The molecule has 7 heteroatoms. The predicted octanol–water partition coefficient (Wildman–Crippen LogP) is 3.26. The Bertz CT molecular complexity index is 1060. The summed E-state index contributed by atoms with van der Waals surface area (Å²) in [6.45, 7) is 2.38. The van der Waals surface area contributed by atoms with Crippen LogP contribution in [0.2, 0.25) is 0 Å². The molecule has 3 rings (SSSR count). The number of fused-ring (bicyclic) bond motifs is 1. The van der Waals surface area contributed by atoms with Crippen molar-refractivity contribution in [1.29, 1.82) is 0 Å². The fraction of sp³-hybridized carbons (Fsp3) is 0.300.